The molecule has 6 heteroatoms. The molecular weight excluding hydrogens is 352 g/mol. The van der Waals surface area contributed by atoms with Crippen molar-refractivity contribution < 1.29 is 9.59 Å². The molecule has 6 nitrogen and oxygen atoms in total. The van der Waals surface area contributed by atoms with Crippen LogP contribution < -0.4 is 21.3 Å². The highest BCUT2D eigenvalue weighted by Gasteiger charge is 2.01. The second kappa shape index (κ2) is 23.9. The molecule has 0 saturated heterocycles. The molecule has 0 spiro atoms. The second-order valence-electron chi connectivity index (χ2n) is 7.66. The molecule has 170 valence electrons. The number of rotatable bonds is 13. The van der Waals surface area contributed by atoms with Gasteiger partial charge in [0.15, 0.2) is 0 Å². The van der Waals surface area contributed by atoms with Crippen molar-refractivity contribution >= 4 is 11.8 Å². The molecule has 0 heterocycles. The molecule has 0 aromatic heterocycles. The molecule has 0 aliphatic heterocycles. The van der Waals surface area contributed by atoms with E-state index >= 15 is 0 Å². The fraction of sp³-hybridized carbons (Fsp3) is 0.909. The summed E-state index contributed by atoms with van der Waals surface area (Å²) < 4.78 is 0. The Morgan fingerprint density at radius 3 is 1.43 bits per heavy atom. The number of carbonyl (C=O) groups excluding carboxylic acids is 2. The molecule has 0 unspecified atom stereocenters. The predicted octanol–water partition coefficient (Wildman–Crippen LogP) is 3.46. The van der Waals surface area contributed by atoms with Crippen molar-refractivity contribution in [1.82, 2.24) is 21.3 Å². The van der Waals surface area contributed by atoms with Crippen LogP contribution in [0.5, 0.6) is 0 Å². The molecule has 0 atom stereocenters. The third kappa shape index (κ3) is 32.5. The first-order valence-corrected chi connectivity index (χ1v) is 11.2. The van der Waals surface area contributed by atoms with Gasteiger partial charge < -0.3 is 21.3 Å². The summed E-state index contributed by atoms with van der Waals surface area (Å²) in [5.41, 5.74) is 0. The van der Waals surface area contributed by atoms with Crippen molar-refractivity contribution in [3.63, 3.8) is 0 Å². The van der Waals surface area contributed by atoms with E-state index in [1.165, 1.54) is 6.42 Å². The zero-order chi connectivity index (χ0) is 22.4. The summed E-state index contributed by atoms with van der Waals surface area (Å²) in [6, 6.07) is 0.748. The Bertz CT molecular complexity index is 345. The molecule has 4 N–H and O–H groups in total. The lowest BCUT2D eigenvalue weighted by atomic mass is 10.1. The van der Waals surface area contributed by atoms with E-state index in [4.69, 9.17) is 0 Å². The third-order valence-electron chi connectivity index (χ3n) is 3.47. The minimum atomic E-state index is 0.0946. The van der Waals surface area contributed by atoms with Crippen LogP contribution in [0, 0.1) is 5.92 Å². The average Bonchev–Trinajstić information content (AvgIpc) is 2.64. The van der Waals surface area contributed by atoms with Crippen molar-refractivity contribution in [2.24, 2.45) is 5.92 Å². The van der Waals surface area contributed by atoms with Crippen LogP contribution in [0.2, 0.25) is 0 Å². The Morgan fingerprint density at radius 2 is 1.11 bits per heavy atom. The zero-order valence-electron chi connectivity index (χ0n) is 20.2. The first-order chi connectivity index (χ1) is 13.2. The van der Waals surface area contributed by atoms with Crippen LogP contribution in [0.3, 0.4) is 0 Å². The largest absolute Gasteiger partial charge is 0.355 e. The number of amides is 2. The highest BCUT2D eigenvalue weighted by molar-refractivity contribution is 5.78. The highest BCUT2D eigenvalue weighted by atomic mass is 16.2. The van der Waals surface area contributed by atoms with Gasteiger partial charge >= 0.3 is 0 Å². The molecule has 0 aromatic rings. The summed E-state index contributed by atoms with van der Waals surface area (Å²) in [5.74, 6) is 0.917. The standard InChI is InChI=1S/C11H24N2O.C9H20N2O.C2H6/c1-9(2)6-5-7-12-11(14)8-13-10(3)4;1-4-5-6-10-9(12)7-11-8(2)3;1-2/h9-10,13H,5-8H2,1-4H3,(H,12,14);8,11H,4-7H2,1-3H3,(H,10,12);1-2H3. The van der Waals surface area contributed by atoms with Crippen LogP contribution in [0.1, 0.15) is 88.0 Å². The van der Waals surface area contributed by atoms with Crippen LogP contribution in [-0.4, -0.2) is 50.1 Å². The van der Waals surface area contributed by atoms with E-state index in [9.17, 15) is 9.59 Å². The van der Waals surface area contributed by atoms with Crippen LogP contribution in [0.15, 0.2) is 0 Å². The number of carbonyl (C=O) groups is 2. The molecular formula is C22H50N4O2. The normalized spacial score (nSPS) is 10.1. The molecule has 28 heavy (non-hydrogen) atoms. The van der Waals surface area contributed by atoms with Crippen LogP contribution in [0.25, 0.3) is 0 Å². The van der Waals surface area contributed by atoms with Crippen LogP contribution in [0.4, 0.5) is 0 Å². The molecule has 0 radical (unpaired) electrons. The lowest BCUT2D eigenvalue weighted by Crippen LogP contribution is -2.37. The molecule has 0 fully saturated rings. The lowest BCUT2D eigenvalue weighted by molar-refractivity contribution is -0.121. The number of hydrogen-bond acceptors (Lipinski definition) is 4. The maximum absolute atomic E-state index is 11.2. The van der Waals surface area contributed by atoms with Gasteiger partial charge in [-0.1, -0.05) is 68.7 Å². The zero-order valence-corrected chi connectivity index (χ0v) is 20.2. The van der Waals surface area contributed by atoms with Gasteiger partial charge in [-0.3, -0.25) is 9.59 Å². The van der Waals surface area contributed by atoms with Gasteiger partial charge in [0.2, 0.25) is 11.8 Å². The quantitative estimate of drug-likeness (QED) is 0.356. The molecule has 0 aromatic carbocycles. The Balaban J connectivity index is -0.000000414. The van der Waals surface area contributed by atoms with Crippen molar-refractivity contribution in [3.8, 4) is 0 Å². The summed E-state index contributed by atoms with van der Waals surface area (Å²) in [5, 5.41) is 11.9. The molecule has 0 bridgehead atoms. The molecule has 0 aliphatic rings. The fourth-order valence-corrected chi connectivity index (χ4v) is 1.86. The Hall–Kier alpha value is -1.14. The van der Waals surface area contributed by atoms with Crippen molar-refractivity contribution in [3.05, 3.63) is 0 Å². The van der Waals surface area contributed by atoms with Gasteiger partial charge in [-0.15, -0.1) is 0 Å². The highest BCUT2D eigenvalue weighted by Crippen LogP contribution is 2.01. The molecule has 0 rings (SSSR count). The predicted molar refractivity (Wildman–Crippen MR) is 123 cm³/mol. The SMILES string of the molecule is CC.CC(C)CCCNC(=O)CNC(C)C.CCCCNC(=O)CNC(C)C. The average molecular weight is 403 g/mol. The smallest absolute Gasteiger partial charge is 0.233 e. The summed E-state index contributed by atoms with van der Waals surface area (Å²) in [6.07, 6.45) is 4.44. The van der Waals surface area contributed by atoms with Gasteiger partial charge in [-0.25, -0.2) is 0 Å². The molecule has 0 saturated carbocycles. The lowest BCUT2D eigenvalue weighted by Gasteiger charge is -2.09. The monoisotopic (exact) mass is 402 g/mol. The fourth-order valence-electron chi connectivity index (χ4n) is 1.86. The van der Waals surface area contributed by atoms with Gasteiger partial charge in [0.05, 0.1) is 13.1 Å². The summed E-state index contributed by atoms with van der Waals surface area (Å²) in [6.45, 7) is 21.1. The number of unbranched alkanes of at least 4 members (excludes halogenated alkanes) is 1. The van der Waals surface area contributed by atoms with Crippen LogP contribution in [-0.2, 0) is 9.59 Å². The van der Waals surface area contributed by atoms with E-state index in [1.54, 1.807) is 0 Å². The third-order valence-corrected chi connectivity index (χ3v) is 3.47. The van der Waals surface area contributed by atoms with E-state index < -0.39 is 0 Å². The minimum Gasteiger partial charge on any atom is -0.355 e. The molecule has 2 amide bonds. The van der Waals surface area contributed by atoms with E-state index in [0.29, 0.717) is 25.2 Å². The summed E-state index contributed by atoms with van der Waals surface area (Å²) in [4.78, 5) is 22.3. The van der Waals surface area contributed by atoms with Gasteiger partial charge in [-0.2, -0.15) is 0 Å². The van der Waals surface area contributed by atoms with Crippen molar-refractivity contribution in [2.45, 2.75) is 100 Å². The van der Waals surface area contributed by atoms with Gasteiger partial charge in [-0.05, 0) is 25.2 Å². The first-order valence-electron chi connectivity index (χ1n) is 11.2. The maximum atomic E-state index is 11.2. The number of hydrogen-bond donors (Lipinski definition) is 4. The number of nitrogens with one attached hydrogen (secondary N) is 4. The van der Waals surface area contributed by atoms with Crippen LogP contribution >= 0.6 is 0 Å². The topological polar surface area (TPSA) is 82.3 Å². The van der Waals surface area contributed by atoms with Gasteiger partial charge in [0.25, 0.3) is 0 Å². The Labute approximate surface area is 175 Å². The molecule has 0 aliphatic carbocycles. The summed E-state index contributed by atoms with van der Waals surface area (Å²) in [7, 11) is 0. The van der Waals surface area contributed by atoms with Gasteiger partial charge in [0, 0.05) is 25.2 Å². The van der Waals surface area contributed by atoms with Crippen molar-refractivity contribution in [2.75, 3.05) is 26.2 Å². The van der Waals surface area contributed by atoms with Crippen molar-refractivity contribution in [1.29, 1.82) is 0 Å². The Morgan fingerprint density at radius 1 is 0.714 bits per heavy atom. The van der Waals surface area contributed by atoms with Gasteiger partial charge in [0.1, 0.15) is 0 Å². The first kappa shape index (κ1) is 31.6. The van der Waals surface area contributed by atoms with E-state index in [1.807, 2.05) is 41.5 Å². The summed E-state index contributed by atoms with van der Waals surface area (Å²) >= 11 is 0. The minimum absolute atomic E-state index is 0.0946. The van der Waals surface area contributed by atoms with E-state index in [0.717, 1.165) is 38.3 Å². The second-order valence-corrected chi connectivity index (χ2v) is 7.66. The van der Waals surface area contributed by atoms with E-state index in [-0.39, 0.29) is 11.8 Å². The maximum Gasteiger partial charge on any atom is 0.233 e. The Kier molecular flexibility index (Phi) is 26.9. The van der Waals surface area contributed by atoms with E-state index in [2.05, 4.69) is 42.0 Å².